The van der Waals surface area contributed by atoms with E-state index >= 15 is 0 Å². The van der Waals surface area contributed by atoms with E-state index in [1.165, 1.54) is 0 Å². The lowest BCUT2D eigenvalue weighted by molar-refractivity contribution is 0.442. The van der Waals surface area contributed by atoms with Crippen molar-refractivity contribution in [3.63, 3.8) is 0 Å². The zero-order valence-electron chi connectivity index (χ0n) is 12.9. The van der Waals surface area contributed by atoms with Gasteiger partial charge in [0.2, 0.25) is 0 Å². The Morgan fingerprint density at radius 3 is 2.86 bits per heavy atom. The number of hydrogen-bond donors (Lipinski definition) is 2. The molecule has 126 valence electrons. The Labute approximate surface area is 148 Å². The average Bonchev–Trinajstić information content (AvgIpc) is 3.04. The summed E-state index contributed by atoms with van der Waals surface area (Å²) in [5.74, 6) is 1.49. The second-order valence-electron chi connectivity index (χ2n) is 5.53. The number of nitrogens with zero attached hydrogens (tertiary/aromatic N) is 3. The standard InChI is InChI=1S/C13H23N5O2S.HI/c1-11(9-18-6-3-5-16-18)8-15-13(14-2)17-12-4-7-21(19,20)10-12;/h3,5-6,11-12H,4,7-10H2,1-2H3,(H2,14,15,17);1H. The fourth-order valence-corrected chi connectivity index (χ4v) is 4.03. The normalized spacial score (nSPS) is 21.9. The Hall–Kier alpha value is -0.840. The fraction of sp³-hybridized carbons (Fsp3) is 0.692. The van der Waals surface area contributed by atoms with Gasteiger partial charge in [0.05, 0.1) is 11.5 Å². The first-order valence-electron chi connectivity index (χ1n) is 7.13. The second-order valence-corrected chi connectivity index (χ2v) is 7.76. The highest BCUT2D eigenvalue weighted by atomic mass is 127. The van der Waals surface area contributed by atoms with Crippen molar-refractivity contribution in [3.8, 4) is 0 Å². The van der Waals surface area contributed by atoms with Gasteiger partial charge < -0.3 is 10.6 Å². The van der Waals surface area contributed by atoms with Crippen LogP contribution in [0.15, 0.2) is 23.5 Å². The molecule has 1 aromatic rings. The summed E-state index contributed by atoms with van der Waals surface area (Å²) in [4.78, 5) is 4.15. The van der Waals surface area contributed by atoms with Crippen LogP contribution in [0.5, 0.6) is 0 Å². The quantitative estimate of drug-likeness (QED) is 0.395. The van der Waals surface area contributed by atoms with E-state index in [0.29, 0.717) is 18.3 Å². The Balaban J connectivity index is 0.00000242. The van der Waals surface area contributed by atoms with Crippen LogP contribution in [0.2, 0.25) is 0 Å². The SMILES string of the molecule is CN=C(NCC(C)Cn1cccn1)NC1CCS(=O)(=O)C1.I. The van der Waals surface area contributed by atoms with Crippen LogP contribution >= 0.6 is 24.0 Å². The predicted molar refractivity (Wildman–Crippen MR) is 98.4 cm³/mol. The van der Waals surface area contributed by atoms with Crippen LogP contribution in [0.3, 0.4) is 0 Å². The molecule has 0 saturated carbocycles. The number of hydrogen-bond acceptors (Lipinski definition) is 4. The average molecular weight is 441 g/mol. The van der Waals surface area contributed by atoms with E-state index in [-0.39, 0.29) is 41.5 Å². The fourth-order valence-electron chi connectivity index (χ4n) is 2.36. The van der Waals surface area contributed by atoms with Gasteiger partial charge in [0.25, 0.3) is 0 Å². The van der Waals surface area contributed by atoms with E-state index in [4.69, 9.17) is 0 Å². The summed E-state index contributed by atoms with van der Waals surface area (Å²) in [5.41, 5.74) is 0. The first-order valence-corrected chi connectivity index (χ1v) is 8.95. The highest BCUT2D eigenvalue weighted by Crippen LogP contribution is 2.10. The minimum absolute atomic E-state index is 0. The monoisotopic (exact) mass is 441 g/mol. The Bertz CT molecular complexity index is 573. The maximum Gasteiger partial charge on any atom is 0.191 e. The summed E-state index contributed by atoms with van der Waals surface area (Å²) in [6.07, 6.45) is 4.35. The molecular formula is C13H24IN5O2S. The number of halogens is 1. The molecule has 22 heavy (non-hydrogen) atoms. The number of nitrogens with one attached hydrogen (secondary N) is 2. The van der Waals surface area contributed by atoms with Gasteiger partial charge in [-0.25, -0.2) is 8.42 Å². The molecule has 0 radical (unpaired) electrons. The highest BCUT2D eigenvalue weighted by Gasteiger charge is 2.28. The molecule has 2 unspecified atom stereocenters. The first-order chi connectivity index (χ1) is 9.98. The number of aliphatic imine (C=N–C) groups is 1. The third kappa shape index (κ3) is 6.11. The van der Waals surface area contributed by atoms with Gasteiger partial charge in [0.15, 0.2) is 15.8 Å². The number of sulfone groups is 1. The summed E-state index contributed by atoms with van der Waals surface area (Å²) in [6, 6.07) is 1.86. The maximum atomic E-state index is 11.4. The molecule has 1 fully saturated rings. The van der Waals surface area contributed by atoms with Crippen molar-refractivity contribution in [2.45, 2.75) is 25.9 Å². The topological polar surface area (TPSA) is 88.4 Å². The van der Waals surface area contributed by atoms with Gasteiger partial charge in [-0.05, 0) is 18.4 Å². The molecule has 0 amide bonds. The summed E-state index contributed by atoms with van der Waals surface area (Å²) in [6.45, 7) is 3.70. The summed E-state index contributed by atoms with van der Waals surface area (Å²) >= 11 is 0. The predicted octanol–water partition coefficient (Wildman–Crippen LogP) is 0.489. The minimum atomic E-state index is -2.87. The molecule has 1 saturated heterocycles. The summed E-state index contributed by atoms with van der Waals surface area (Å²) in [5, 5.41) is 10.6. The van der Waals surface area contributed by atoms with Gasteiger partial charge >= 0.3 is 0 Å². The van der Waals surface area contributed by atoms with Gasteiger partial charge in [-0.3, -0.25) is 9.67 Å². The molecular weight excluding hydrogens is 417 g/mol. The Morgan fingerprint density at radius 1 is 1.55 bits per heavy atom. The molecule has 1 aromatic heterocycles. The zero-order chi connectivity index (χ0) is 15.3. The summed E-state index contributed by atoms with van der Waals surface area (Å²) < 4.78 is 24.8. The Morgan fingerprint density at radius 2 is 2.32 bits per heavy atom. The minimum Gasteiger partial charge on any atom is -0.356 e. The van der Waals surface area contributed by atoms with Crippen molar-refractivity contribution in [2.24, 2.45) is 10.9 Å². The van der Waals surface area contributed by atoms with Gasteiger partial charge in [-0.2, -0.15) is 5.10 Å². The van der Waals surface area contributed by atoms with Crippen molar-refractivity contribution in [3.05, 3.63) is 18.5 Å². The van der Waals surface area contributed by atoms with Gasteiger partial charge in [0.1, 0.15) is 0 Å². The van der Waals surface area contributed by atoms with Crippen molar-refractivity contribution >= 4 is 39.8 Å². The molecule has 1 aliphatic rings. The van der Waals surface area contributed by atoms with Gasteiger partial charge in [0, 0.05) is 38.6 Å². The molecule has 2 atom stereocenters. The highest BCUT2D eigenvalue weighted by molar-refractivity contribution is 14.0. The van der Waals surface area contributed by atoms with E-state index in [1.807, 2.05) is 16.9 Å². The molecule has 0 aromatic carbocycles. The van der Waals surface area contributed by atoms with Crippen LogP contribution in [0.4, 0.5) is 0 Å². The number of aromatic nitrogens is 2. The van der Waals surface area contributed by atoms with E-state index in [0.717, 1.165) is 13.1 Å². The lowest BCUT2D eigenvalue weighted by Crippen LogP contribution is -2.45. The summed E-state index contributed by atoms with van der Waals surface area (Å²) in [7, 11) is -1.18. The first kappa shape index (κ1) is 19.2. The van der Waals surface area contributed by atoms with Crippen molar-refractivity contribution < 1.29 is 8.42 Å². The second kappa shape index (κ2) is 8.70. The van der Waals surface area contributed by atoms with Crippen LogP contribution in [0.1, 0.15) is 13.3 Å². The van der Waals surface area contributed by atoms with Gasteiger partial charge in [-0.15, -0.1) is 24.0 Å². The van der Waals surface area contributed by atoms with E-state index < -0.39 is 9.84 Å². The number of guanidine groups is 1. The van der Waals surface area contributed by atoms with Crippen LogP contribution in [-0.4, -0.2) is 55.3 Å². The van der Waals surface area contributed by atoms with Crippen molar-refractivity contribution in [1.82, 2.24) is 20.4 Å². The zero-order valence-corrected chi connectivity index (χ0v) is 16.0. The largest absolute Gasteiger partial charge is 0.356 e. The molecule has 2 heterocycles. The number of rotatable bonds is 5. The molecule has 9 heteroatoms. The van der Waals surface area contributed by atoms with E-state index in [2.05, 4.69) is 27.6 Å². The smallest absolute Gasteiger partial charge is 0.191 e. The van der Waals surface area contributed by atoms with Crippen LogP contribution in [0.25, 0.3) is 0 Å². The lowest BCUT2D eigenvalue weighted by atomic mass is 10.2. The molecule has 0 aliphatic carbocycles. The molecule has 2 rings (SSSR count). The molecule has 1 aliphatic heterocycles. The van der Waals surface area contributed by atoms with Crippen molar-refractivity contribution in [1.29, 1.82) is 0 Å². The van der Waals surface area contributed by atoms with Crippen LogP contribution < -0.4 is 10.6 Å². The van der Waals surface area contributed by atoms with Gasteiger partial charge in [-0.1, -0.05) is 6.92 Å². The van der Waals surface area contributed by atoms with Crippen LogP contribution in [0, 0.1) is 5.92 Å². The van der Waals surface area contributed by atoms with E-state index in [1.54, 1.807) is 13.2 Å². The Kier molecular flexibility index (Phi) is 7.60. The van der Waals surface area contributed by atoms with E-state index in [9.17, 15) is 8.42 Å². The lowest BCUT2D eigenvalue weighted by Gasteiger charge is -2.18. The van der Waals surface area contributed by atoms with Crippen LogP contribution in [-0.2, 0) is 16.4 Å². The van der Waals surface area contributed by atoms with Crippen molar-refractivity contribution in [2.75, 3.05) is 25.1 Å². The maximum absolute atomic E-state index is 11.4. The molecule has 2 N–H and O–H groups in total. The molecule has 7 nitrogen and oxygen atoms in total. The molecule has 0 spiro atoms. The third-order valence-corrected chi connectivity index (χ3v) is 5.24. The third-order valence-electron chi connectivity index (χ3n) is 3.47. The molecule has 0 bridgehead atoms.